The quantitative estimate of drug-likeness (QED) is 0.464. The van der Waals surface area contributed by atoms with Crippen LogP contribution in [0.1, 0.15) is 25.0 Å². The Hall–Kier alpha value is -1.83. The van der Waals surface area contributed by atoms with Crippen molar-refractivity contribution in [1.29, 1.82) is 0 Å². The maximum atomic E-state index is 13.1. The summed E-state index contributed by atoms with van der Waals surface area (Å²) < 4.78 is 52.2. The summed E-state index contributed by atoms with van der Waals surface area (Å²) in [7, 11) is 5.49. The van der Waals surface area contributed by atoms with E-state index in [4.69, 9.17) is 0 Å². The Morgan fingerprint density at radius 3 is 2.32 bits per heavy atom. The lowest BCUT2D eigenvalue weighted by Gasteiger charge is -2.29. The van der Waals surface area contributed by atoms with Crippen LogP contribution in [0.3, 0.4) is 0 Å². The van der Waals surface area contributed by atoms with Crippen molar-refractivity contribution >= 4 is 5.96 Å². The van der Waals surface area contributed by atoms with E-state index in [9.17, 15) is 17.6 Å². The van der Waals surface area contributed by atoms with Gasteiger partial charge >= 0.3 is 6.18 Å². The number of hydrogen-bond donors (Lipinski definition) is 2. The molecule has 0 aliphatic carbocycles. The van der Waals surface area contributed by atoms with Crippen LogP contribution in [0.4, 0.5) is 17.6 Å². The third kappa shape index (κ3) is 7.29. The molecule has 0 aromatic heterocycles. The molecule has 0 radical (unpaired) electrons. The number of rotatable bonds is 6. The van der Waals surface area contributed by atoms with Crippen LogP contribution >= 0.6 is 0 Å². The fraction of sp³-hybridized carbons (Fsp3) is 0.588. The number of benzene rings is 1. The van der Waals surface area contributed by atoms with Crippen molar-refractivity contribution in [1.82, 2.24) is 15.5 Å². The molecule has 1 rings (SSSR count). The number of alkyl halides is 3. The summed E-state index contributed by atoms with van der Waals surface area (Å²) in [5.74, 6) is -0.520. The number of nitrogens with one attached hydrogen (secondary N) is 2. The molecular weight excluding hydrogens is 336 g/mol. The van der Waals surface area contributed by atoms with E-state index in [-0.39, 0.29) is 17.5 Å². The maximum absolute atomic E-state index is 13.1. The van der Waals surface area contributed by atoms with E-state index < -0.39 is 17.6 Å². The fourth-order valence-electron chi connectivity index (χ4n) is 2.60. The minimum atomic E-state index is -4.61. The Bertz CT molecular complexity index is 595. The summed E-state index contributed by atoms with van der Waals surface area (Å²) in [5.41, 5.74) is -1.07. The normalized spacial score (nSPS) is 13.3. The molecule has 0 saturated heterocycles. The monoisotopic (exact) mass is 362 g/mol. The summed E-state index contributed by atoms with van der Waals surface area (Å²) in [5, 5.41) is 5.96. The van der Waals surface area contributed by atoms with Crippen molar-refractivity contribution in [3.05, 3.63) is 35.1 Å². The molecule has 0 aliphatic rings. The molecule has 142 valence electrons. The third-order valence-corrected chi connectivity index (χ3v) is 3.53. The van der Waals surface area contributed by atoms with E-state index in [1.54, 1.807) is 7.05 Å². The lowest BCUT2D eigenvalue weighted by molar-refractivity contribution is -0.138. The van der Waals surface area contributed by atoms with Crippen molar-refractivity contribution < 1.29 is 17.6 Å². The third-order valence-electron chi connectivity index (χ3n) is 3.53. The average Bonchev–Trinajstić information content (AvgIpc) is 2.46. The summed E-state index contributed by atoms with van der Waals surface area (Å²) in [4.78, 5) is 6.08. The van der Waals surface area contributed by atoms with E-state index in [2.05, 4.69) is 34.4 Å². The highest BCUT2D eigenvalue weighted by molar-refractivity contribution is 5.79. The Kier molecular flexibility index (Phi) is 7.22. The van der Waals surface area contributed by atoms with Gasteiger partial charge < -0.3 is 15.5 Å². The van der Waals surface area contributed by atoms with Gasteiger partial charge in [-0.15, -0.1) is 0 Å². The van der Waals surface area contributed by atoms with E-state index in [1.165, 1.54) is 0 Å². The highest BCUT2D eigenvalue weighted by atomic mass is 19.4. The lowest BCUT2D eigenvalue weighted by atomic mass is 9.93. The van der Waals surface area contributed by atoms with Crippen LogP contribution < -0.4 is 10.6 Å². The number of guanidine groups is 1. The second-order valence-corrected chi connectivity index (χ2v) is 6.98. The molecule has 0 atom stereocenters. The van der Waals surface area contributed by atoms with Gasteiger partial charge in [-0.05, 0) is 37.2 Å². The molecule has 1 aromatic carbocycles. The zero-order valence-electron chi connectivity index (χ0n) is 15.3. The molecule has 0 unspecified atom stereocenters. The van der Waals surface area contributed by atoms with E-state index in [0.717, 1.165) is 18.7 Å². The van der Waals surface area contributed by atoms with Crippen LogP contribution in [0.2, 0.25) is 0 Å². The predicted molar refractivity (Wildman–Crippen MR) is 91.9 cm³/mol. The second-order valence-electron chi connectivity index (χ2n) is 6.98. The SMILES string of the molecule is CN=C(NCc1ccc(F)cc1C(F)(F)F)NCC(C)(C)CN(C)C. The highest BCUT2D eigenvalue weighted by Gasteiger charge is 2.33. The molecular formula is C17H26F4N4. The Morgan fingerprint density at radius 1 is 1.16 bits per heavy atom. The van der Waals surface area contributed by atoms with Crippen LogP contribution in [0.15, 0.2) is 23.2 Å². The largest absolute Gasteiger partial charge is 0.416 e. The van der Waals surface area contributed by atoms with E-state index in [1.807, 2.05) is 14.1 Å². The van der Waals surface area contributed by atoms with Crippen molar-refractivity contribution in [2.45, 2.75) is 26.6 Å². The molecule has 0 spiro atoms. The van der Waals surface area contributed by atoms with Gasteiger partial charge in [-0.25, -0.2) is 4.39 Å². The van der Waals surface area contributed by atoms with Crippen molar-refractivity contribution in [2.24, 2.45) is 10.4 Å². The van der Waals surface area contributed by atoms with E-state index >= 15 is 0 Å². The minimum Gasteiger partial charge on any atom is -0.356 e. The molecule has 8 heteroatoms. The highest BCUT2D eigenvalue weighted by Crippen LogP contribution is 2.32. The van der Waals surface area contributed by atoms with Gasteiger partial charge in [0, 0.05) is 26.7 Å². The maximum Gasteiger partial charge on any atom is 0.416 e. The van der Waals surface area contributed by atoms with Gasteiger partial charge in [0.25, 0.3) is 0 Å². The first-order chi connectivity index (χ1) is 11.4. The summed E-state index contributed by atoms with van der Waals surface area (Å²) in [6.07, 6.45) is -4.61. The number of nitrogens with zero attached hydrogens (tertiary/aromatic N) is 2. The standard InChI is InChI=1S/C17H26F4N4/c1-16(2,11-25(4)5)10-24-15(22-3)23-9-12-6-7-13(18)8-14(12)17(19,20)21/h6-8H,9-11H2,1-5H3,(H2,22,23,24). The first kappa shape index (κ1) is 21.2. The van der Waals surface area contributed by atoms with Gasteiger partial charge in [-0.1, -0.05) is 19.9 Å². The van der Waals surface area contributed by atoms with Gasteiger partial charge in [-0.3, -0.25) is 4.99 Å². The van der Waals surface area contributed by atoms with Crippen molar-refractivity contribution in [3.8, 4) is 0 Å². The second kappa shape index (κ2) is 8.51. The summed E-state index contributed by atoms with van der Waals surface area (Å²) in [6.45, 7) is 5.49. The Labute approximate surface area is 146 Å². The first-order valence-corrected chi connectivity index (χ1v) is 7.89. The van der Waals surface area contributed by atoms with Gasteiger partial charge in [0.05, 0.1) is 5.56 Å². The van der Waals surface area contributed by atoms with Crippen LogP contribution in [0, 0.1) is 11.2 Å². The molecule has 0 bridgehead atoms. The fourth-order valence-corrected chi connectivity index (χ4v) is 2.60. The molecule has 2 N–H and O–H groups in total. The molecule has 1 aromatic rings. The van der Waals surface area contributed by atoms with Gasteiger partial charge in [0.2, 0.25) is 0 Å². The zero-order chi connectivity index (χ0) is 19.3. The Morgan fingerprint density at radius 2 is 1.80 bits per heavy atom. The van der Waals surface area contributed by atoms with Gasteiger partial charge in [-0.2, -0.15) is 13.2 Å². The summed E-state index contributed by atoms with van der Waals surface area (Å²) >= 11 is 0. The van der Waals surface area contributed by atoms with Crippen LogP contribution in [0.5, 0.6) is 0 Å². The molecule has 25 heavy (non-hydrogen) atoms. The van der Waals surface area contributed by atoms with Crippen LogP contribution in [-0.4, -0.2) is 45.1 Å². The molecule has 0 fully saturated rings. The Balaban J connectivity index is 2.73. The molecule has 0 aliphatic heterocycles. The lowest BCUT2D eigenvalue weighted by Crippen LogP contribution is -2.44. The van der Waals surface area contributed by atoms with Crippen molar-refractivity contribution in [2.75, 3.05) is 34.2 Å². The average molecular weight is 362 g/mol. The topological polar surface area (TPSA) is 39.7 Å². The zero-order valence-corrected chi connectivity index (χ0v) is 15.3. The first-order valence-electron chi connectivity index (χ1n) is 7.89. The van der Waals surface area contributed by atoms with Crippen LogP contribution in [0.25, 0.3) is 0 Å². The van der Waals surface area contributed by atoms with Crippen molar-refractivity contribution in [3.63, 3.8) is 0 Å². The molecule has 0 saturated carbocycles. The van der Waals surface area contributed by atoms with Gasteiger partial charge in [0.15, 0.2) is 5.96 Å². The van der Waals surface area contributed by atoms with Crippen LogP contribution in [-0.2, 0) is 12.7 Å². The molecule has 0 amide bonds. The minimum absolute atomic E-state index is 0.0376. The summed E-state index contributed by atoms with van der Waals surface area (Å²) in [6, 6.07) is 2.66. The number of hydrogen-bond acceptors (Lipinski definition) is 2. The van der Waals surface area contributed by atoms with Gasteiger partial charge in [0.1, 0.15) is 5.82 Å². The molecule has 4 nitrogen and oxygen atoms in total. The van der Waals surface area contributed by atoms with E-state index in [0.29, 0.717) is 18.6 Å². The number of halogens is 4. The predicted octanol–water partition coefficient (Wildman–Crippen LogP) is 3.10. The smallest absolute Gasteiger partial charge is 0.356 e. The number of aliphatic imine (C=N–C) groups is 1. The molecule has 0 heterocycles.